The minimum absolute atomic E-state index is 0.125. The molecule has 0 heterocycles. The van der Waals surface area contributed by atoms with Crippen LogP contribution in [0.25, 0.3) is 0 Å². The van der Waals surface area contributed by atoms with Gasteiger partial charge in [-0.05, 0) is 48.3 Å². The third-order valence-electron chi connectivity index (χ3n) is 5.28. The van der Waals surface area contributed by atoms with Crippen molar-refractivity contribution in [2.45, 2.75) is 52.4 Å². The third kappa shape index (κ3) is 7.81. The van der Waals surface area contributed by atoms with Crippen molar-refractivity contribution in [3.63, 3.8) is 0 Å². The molecule has 2 aromatic rings. The van der Waals surface area contributed by atoms with E-state index < -0.39 is 0 Å². The van der Waals surface area contributed by atoms with Gasteiger partial charge in [-0.1, -0.05) is 113 Å². The van der Waals surface area contributed by atoms with Crippen LogP contribution in [0, 0.1) is 35.5 Å². The van der Waals surface area contributed by atoms with Gasteiger partial charge in [-0.3, -0.25) is 0 Å². The Labute approximate surface area is 184 Å². The lowest BCUT2D eigenvalue weighted by molar-refractivity contribution is 0.599. The van der Waals surface area contributed by atoms with Crippen LogP contribution in [0.1, 0.15) is 63.5 Å². The maximum absolute atomic E-state index is 4.43. The summed E-state index contributed by atoms with van der Waals surface area (Å²) in [5, 5.41) is 0. The first-order valence-corrected chi connectivity index (χ1v) is 11.2. The summed E-state index contributed by atoms with van der Waals surface area (Å²) in [6.45, 7) is 13.3. The van der Waals surface area contributed by atoms with Crippen molar-refractivity contribution < 1.29 is 0 Å². The number of rotatable bonds is 9. The molecule has 0 aliphatic carbocycles. The molecule has 2 atom stereocenters. The SMILES string of the molecule is C=C(C(=C)C(C#Cc1ccccc1)CCCC)C(C#Cc1ccccc1)CCCC. The van der Waals surface area contributed by atoms with Crippen LogP contribution in [0.5, 0.6) is 0 Å². The summed E-state index contributed by atoms with van der Waals surface area (Å²) in [6, 6.07) is 20.4. The van der Waals surface area contributed by atoms with Gasteiger partial charge in [-0.15, -0.1) is 0 Å². The summed E-state index contributed by atoms with van der Waals surface area (Å²) >= 11 is 0. The Hall–Kier alpha value is -2.96. The lowest BCUT2D eigenvalue weighted by atomic mass is 9.82. The summed E-state index contributed by atoms with van der Waals surface area (Å²) < 4.78 is 0. The highest BCUT2D eigenvalue weighted by atomic mass is 14.2. The fraction of sp³-hybridized carbons (Fsp3) is 0.333. The lowest BCUT2D eigenvalue weighted by Gasteiger charge is -2.21. The van der Waals surface area contributed by atoms with E-state index in [0.29, 0.717) is 0 Å². The fourth-order valence-electron chi connectivity index (χ4n) is 3.31. The summed E-state index contributed by atoms with van der Waals surface area (Å²) in [5.41, 5.74) is 4.19. The molecule has 0 bridgehead atoms. The summed E-state index contributed by atoms with van der Waals surface area (Å²) in [6.07, 6.45) is 6.60. The van der Waals surface area contributed by atoms with Gasteiger partial charge in [0.05, 0.1) is 0 Å². The van der Waals surface area contributed by atoms with Crippen LogP contribution >= 0.6 is 0 Å². The number of hydrogen-bond donors (Lipinski definition) is 0. The molecular weight excluding hydrogens is 360 g/mol. The molecule has 0 heteroatoms. The lowest BCUT2D eigenvalue weighted by Crippen LogP contribution is -2.10. The average Bonchev–Trinajstić information content (AvgIpc) is 2.80. The van der Waals surface area contributed by atoms with E-state index in [1.807, 2.05) is 36.4 Å². The van der Waals surface area contributed by atoms with Gasteiger partial charge >= 0.3 is 0 Å². The van der Waals surface area contributed by atoms with E-state index in [1.165, 1.54) is 0 Å². The second-order valence-corrected chi connectivity index (χ2v) is 7.71. The van der Waals surface area contributed by atoms with Gasteiger partial charge in [-0.25, -0.2) is 0 Å². The fourth-order valence-corrected chi connectivity index (χ4v) is 3.31. The molecule has 154 valence electrons. The van der Waals surface area contributed by atoms with Crippen molar-refractivity contribution in [3.05, 3.63) is 96.1 Å². The first kappa shape index (κ1) is 23.3. The molecule has 0 nitrogen and oxygen atoms in total. The van der Waals surface area contributed by atoms with E-state index in [4.69, 9.17) is 0 Å². The average molecular weight is 395 g/mol. The van der Waals surface area contributed by atoms with Crippen molar-refractivity contribution >= 4 is 0 Å². The largest absolute Gasteiger partial charge is 0.0943 e. The Morgan fingerprint density at radius 1 is 0.667 bits per heavy atom. The molecule has 0 amide bonds. The van der Waals surface area contributed by atoms with Crippen molar-refractivity contribution in [3.8, 4) is 23.7 Å². The minimum atomic E-state index is 0.125. The summed E-state index contributed by atoms with van der Waals surface area (Å²) in [5.74, 6) is 13.9. The summed E-state index contributed by atoms with van der Waals surface area (Å²) in [7, 11) is 0. The van der Waals surface area contributed by atoms with Gasteiger partial charge in [0.1, 0.15) is 0 Å². The van der Waals surface area contributed by atoms with Crippen LogP contribution in [0.15, 0.2) is 85.0 Å². The Morgan fingerprint density at radius 2 is 1.03 bits per heavy atom. The summed E-state index contributed by atoms with van der Waals surface area (Å²) in [4.78, 5) is 0. The maximum atomic E-state index is 4.43. The normalized spacial score (nSPS) is 11.9. The first-order valence-electron chi connectivity index (χ1n) is 11.2. The smallest absolute Gasteiger partial charge is 0.0453 e. The number of benzene rings is 2. The van der Waals surface area contributed by atoms with E-state index in [-0.39, 0.29) is 11.8 Å². The zero-order valence-electron chi connectivity index (χ0n) is 18.6. The highest BCUT2D eigenvalue weighted by Crippen LogP contribution is 2.29. The van der Waals surface area contributed by atoms with Gasteiger partial charge in [-0.2, -0.15) is 0 Å². The highest BCUT2D eigenvalue weighted by molar-refractivity contribution is 5.43. The maximum Gasteiger partial charge on any atom is 0.0453 e. The van der Waals surface area contributed by atoms with Crippen LogP contribution in [0.4, 0.5) is 0 Å². The van der Waals surface area contributed by atoms with Gasteiger partial charge in [0.15, 0.2) is 0 Å². The van der Waals surface area contributed by atoms with Gasteiger partial charge in [0, 0.05) is 23.0 Å². The second-order valence-electron chi connectivity index (χ2n) is 7.71. The van der Waals surface area contributed by atoms with Crippen LogP contribution in [0.3, 0.4) is 0 Å². The quantitative estimate of drug-likeness (QED) is 0.300. The van der Waals surface area contributed by atoms with Crippen molar-refractivity contribution in [2.24, 2.45) is 11.8 Å². The molecule has 0 aliphatic heterocycles. The standard InChI is InChI=1S/C30H34/c1-5-7-19-29(23-21-27-15-11-9-12-16-27)25(3)26(4)30(20-8-6-2)24-22-28-17-13-10-14-18-28/h9-18,29-30H,3-8,19-20H2,1-2H3. The monoisotopic (exact) mass is 394 g/mol. The first-order chi connectivity index (χ1) is 14.7. The van der Waals surface area contributed by atoms with E-state index in [1.54, 1.807) is 0 Å². The minimum Gasteiger partial charge on any atom is -0.0943 e. The Balaban J connectivity index is 2.22. The Bertz CT molecular complexity index is 830. The van der Waals surface area contributed by atoms with Crippen molar-refractivity contribution in [2.75, 3.05) is 0 Å². The number of allylic oxidation sites excluding steroid dienone is 2. The molecule has 0 aromatic heterocycles. The number of hydrogen-bond acceptors (Lipinski definition) is 0. The van der Waals surface area contributed by atoms with E-state index in [9.17, 15) is 0 Å². The Morgan fingerprint density at radius 3 is 1.37 bits per heavy atom. The molecular formula is C30H34. The molecule has 0 saturated heterocycles. The van der Waals surface area contributed by atoms with Gasteiger partial charge < -0.3 is 0 Å². The van der Waals surface area contributed by atoms with Gasteiger partial charge in [0.2, 0.25) is 0 Å². The molecule has 2 unspecified atom stereocenters. The molecule has 2 rings (SSSR count). The molecule has 0 spiro atoms. The third-order valence-corrected chi connectivity index (χ3v) is 5.28. The molecule has 30 heavy (non-hydrogen) atoms. The van der Waals surface area contributed by atoms with Crippen LogP contribution in [-0.2, 0) is 0 Å². The Kier molecular flexibility index (Phi) is 10.3. The van der Waals surface area contributed by atoms with Crippen LogP contribution < -0.4 is 0 Å². The van der Waals surface area contributed by atoms with Gasteiger partial charge in [0.25, 0.3) is 0 Å². The molecule has 0 aliphatic rings. The molecule has 0 N–H and O–H groups in total. The second kappa shape index (κ2) is 13.3. The highest BCUT2D eigenvalue weighted by Gasteiger charge is 2.18. The molecule has 0 radical (unpaired) electrons. The van der Waals surface area contributed by atoms with Crippen LogP contribution in [0.2, 0.25) is 0 Å². The predicted octanol–water partition coefficient (Wildman–Crippen LogP) is 7.82. The van der Waals surface area contributed by atoms with Crippen molar-refractivity contribution in [1.29, 1.82) is 0 Å². The van der Waals surface area contributed by atoms with E-state index in [2.05, 4.69) is 75.0 Å². The number of unbranched alkanes of at least 4 members (excludes halogenated alkanes) is 2. The van der Waals surface area contributed by atoms with Crippen LogP contribution in [-0.4, -0.2) is 0 Å². The predicted molar refractivity (Wildman–Crippen MR) is 131 cm³/mol. The molecule has 0 saturated carbocycles. The molecule has 0 fully saturated rings. The zero-order valence-corrected chi connectivity index (χ0v) is 18.6. The van der Waals surface area contributed by atoms with Crippen molar-refractivity contribution in [1.82, 2.24) is 0 Å². The zero-order chi connectivity index (χ0) is 21.6. The topological polar surface area (TPSA) is 0 Å². The molecule has 2 aromatic carbocycles. The van der Waals surface area contributed by atoms with E-state index in [0.717, 1.165) is 60.8 Å². The van der Waals surface area contributed by atoms with E-state index >= 15 is 0 Å².